The first-order chi connectivity index (χ1) is 11.4. The normalized spacial score (nSPS) is 14.0. The van der Waals surface area contributed by atoms with Gasteiger partial charge in [0.1, 0.15) is 11.0 Å². The second-order valence-electron chi connectivity index (χ2n) is 6.26. The zero-order valence-electron chi connectivity index (χ0n) is 14.4. The lowest BCUT2D eigenvalue weighted by atomic mass is 9.81. The SMILES string of the molecule is COC(=O)C(C)(C)[C@@H](NS(=O)c1ccc(C)cc1)c1ccccc1. The van der Waals surface area contributed by atoms with Crippen LogP contribution < -0.4 is 4.72 Å². The summed E-state index contributed by atoms with van der Waals surface area (Å²) < 4.78 is 20.8. The Kier molecular flexibility index (Phi) is 5.91. The minimum Gasteiger partial charge on any atom is -0.469 e. The molecule has 2 rings (SSSR count). The van der Waals surface area contributed by atoms with Crippen molar-refractivity contribution < 1.29 is 13.7 Å². The van der Waals surface area contributed by atoms with Crippen LogP contribution in [0.25, 0.3) is 0 Å². The second-order valence-corrected chi connectivity index (χ2v) is 7.50. The van der Waals surface area contributed by atoms with E-state index in [0.29, 0.717) is 4.90 Å². The van der Waals surface area contributed by atoms with Crippen molar-refractivity contribution in [1.82, 2.24) is 4.72 Å². The van der Waals surface area contributed by atoms with E-state index in [1.165, 1.54) is 7.11 Å². The molecule has 0 aromatic heterocycles. The number of rotatable bonds is 6. The van der Waals surface area contributed by atoms with Crippen LogP contribution in [-0.2, 0) is 20.5 Å². The highest BCUT2D eigenvalue weighted by molar-refractivity contribution is 7.83. The largest absolute Gasteiger partial charge is 0.469 e. The van der Waals surface area contributed by atoms with Crippen LogP contribution in [0, 0.1) is 12.3 Å². The fourth-order valence-electron chi connectivity index (χ4n) is 2.50. The Balaban J connectivity index is 2.34. The Morgan fingerprint density at radius 1 is 1.08 bits per heavy atom. The van der Waals surface area contributed by atoms with Gasteiger partial charge in [0, 0.05) is 0 Å². The van der Waals surface area contributed by atoms with Gasteiger partial charge in [-0.05, 0) is 38.5 Å². The average Bonchev–Trinajstić information content (AvgIpc) is 2.59. The average molecular weight is 345 g/mol. The molecule has 1 unspecified atom stereocenters. The molecule has 4 nitrogen and oxygen atoms in total. The van der Waals surface area contributed by atoms with E-state index in [2.05, 4.69) is 4.72 Å². The van der Waals surface area contributed by atoms with E-state index in [1.807, 2.05) is 61.5 Å². The summed E-state index contributed by atoms with van der Waals surface area (Å²) in [5, 5.41) is 0. The molecule has 0 amide bonds. The van der Waals surface area contributed by atoms with E-state index in [4.69, 9.17) is 4.74 Å². The van der Waals surface area contributed by atoms with Crippen LogP contribution in [0.4, 0.5) is 0 Å². The Bertz CT molecular complexity index is 711. The molecule has 2 aromatic rings. The Morgan fingerprint density at radius 2 is 1.67 bits per heavy atom. The predicted molar refractivity (Wildman–Crippen MR) is 95.7 cm³/mol. The summed E-state index contributed by atoms with van der Waals surface area (Å²) in [5.74, 6) is -0.357. The van der Waals surface area contributed by atoms with Crippen LogP contribution >= 0.6 is 0 Å². The molecule has 0 aliphatic rings. The molecule has 0 saturated carbocycles. The molecule has 2 atom stereocenters. The number of benzene rings is 2. The number of hydrogen-bond acceptors (Lipinski definition) is 3. The maximum Gasteiger partial charge on any atom is 0.313 e. The molecule has 0 saturated heterocycles. The van der Waals surface area contributed by atoms with E-state index in [0.717, 1.165) is 11.1 Å². The number of carbonyl (C=O) groups is 1. The number of aryl methyl sites for hydroxylation is 1. The number of carbonyl (C=O) groups excluding carboxylic acids is 1. The minimum absolute atomic E-state index is 0.357. The quantitative estimate of drug-likeness (QED) is 0.815. The smallest absolute Gasteiger partial charge is 0.313 e. The maximum absolute atomic E-state index is 12.7. The molecule has 0 aliphatic heterocycles. The second kappa shape index (κ2) is 7.73. The fourth-order valence-corrected chi connectivity index (χ4v) is 3.66. The van der Waals surface area contributed by atoms with Crippen LogP contribution in [0.5, 0.6) is 0 Å². The third kappa shape index (κ3) is 4.10. The van der Waals surface area contributed by atoms with E-state index in [9.17, 15) is 9.00 Å². The lowest BCUT2D eigenvalue weighted by Crippen LogP contribution is -2.41. The zero-order valence-corrected chi connectivity index (χ0v) is 15.2. The lowest BCUT2D eigenvalue weighted by Gasteiger charge is -2.32. The molecule has 0 fully saturated rings. The molecule has 0 bridgehead atoms. The van der Waals surface area contributed by atoms with Gasteiger partial charge in [0.15, 0.2) is 0 Å². The van der Waals surface area contributed by atoms with Crippen molar-refractivity contribution in [3.63, 3.8) is 0 Å². The highest BCUT2D eigenvalue weighted by atomic mass is 32.2. The third-order valence-electron chi connectivity index (χ3n) is 4.03. The van der Waals surface area contributed by atoms with Crippen molar-refractivity contribution >= 4 is 17.0 Å². The van der Waals surface area contributed by atoms with Crippen LogP contribution in [-0.4, -0.2) is 17.3 Å². The van der Waals surface area contributed by atoms with Crippen molar-refractivity contribution in [1.29, 1.82) is 0 Å². The van der Waals surface area contributed by atoms with Gasteiger partial charge >= 0.3 is 5.97 Å². The molecule has 128 valence electrons. The Labute approximate surface area is 145 Å². The van der Waals surface area contributed by atoms with E-state index < -0.39 is 22.4 Å². The van der Waals surface area contributed by atoms with Gasteiger partial charge in [-0.1, -0.05) is 48.0 Å². The first-order valence-corrected chi connectivity index (χ1v) is 8.89. The van der Waals surface area contributed by atoms with Gasteiger partial charge in [0.05, 0.1) is 23.5 Å². The zero-order chi connectivity index (χ0) is 17.7. The van der Waals surface area contributed by atoms with Crippen molar-refractivity contribution in [3.05, 3.63) is 65.7 Å². The van der Waals surface area contributed by atoms with Gasteiger partial charge in [0.2, 0.25) is 0 Å². The Morgan fingerprint density at radius 3 is 2.21 bits per heavy atom. The number of hydrogen-bond donors (Lipinski definition) is 1. The van der Waals surface area contributed by atoms with Crippen molar-refractivity contribution in [2.45, 2.75) is 31.7 Å². The molecular formula is C19H23NO3S. The van der Waals surface area contributed by atoms with E-state index in [1.54, 1.807) is 13.8 Å². The number of esters is 1. The number of nitrogens with one attached hydrogen (secondary N) is 1. The van der Waals surface area contributed by atoms with Crippen LogP contribution in [0.1, 0.15) is 31.0 Å². The lowest BCUT2D eigenvalue weighted by molar-refractivity contribution is -0.152. The van der Waals surface area contributed by atoms with Crippen LogP contribution in [0.2, 0.25) is 0 Å². The predicted octanol–water partition coefficient (Wildman–Crippen LogP) is 3.55. The standard InChI is InChI=1S/C19H23NO3S/c1-14-10-12-16(13-11-14)24(22)20-17(15-8-6-5-7-9-15)19(2,3)18(21)23-4/h5-13,17,20H,1-4H3/t17-,24?/m0/s1. The summed E-state index contributed by atoms with van der Waals surface area (Å²) in [4.78, 5) is 12.9. The van der Waals surface area contributed by atoms with Gasteiger partial charge in [-0.3, -0.25) is 4.79 Å². The molecule has 0 radical (unpaired) electrons. The molecule has 2 aromatic carbocycles. The third-order valence-corrected chi connectivity index (χ3v) is 5.18. The van der Waals surface area contributed by atoms with Gasteiger partial charge in [-0.2, -0.15) is 0 Å². The highest BCUT2D eigenvalue weighted by Crippen LogP contribution is 2.35. The van der Waals surface area contributed by atoms with Gasteiger partial charge < -0.3 is 4.74 Å². The van der Waals surface area contributed by atoms with Gasteiger partial charge in [0.25, 0.3) is 0 Å². The first kappa shape index (κ1) is 18.4. The minimum atomic E-state index is -1.45. The van der Waals surface area contributed by atoms with Crippen LogP contribution in [0.15, 0.2) is 59.5 Å². The van der Waals surface area contributed by atoms with Gasteiger partial charge in [-0.25, -0.2) is 8.93 Å². The molecule has 0 aliphatic carbocycles. The Hall–Kier alpha value is -1.98. The van der Waals surface area contributed by atoms with E-state index >= 15 is 0 Å². The first-order valence-electron chi connectivity index (χ1n) is 7.74. The van der Waals surface area contributed by atoms with Crippen LogP contribution in [0.3, 0.4) is 0 Å². The van der Waals surface area contributed by atoms with Crippen molar-refractivity contribution in [2.75, 3.05) is 7.11 Å². The molecule has 24 heavy (non-hydrogen) atoms. The fraction of sp³-hybridized carbons (Fsp3) is 0.316. The summed E-state index contributed by atoms with van der Waals surface area (Å²) in [6.07, 6.45) is 0. The summed E-state index contributed by atoms with van der Waals surface area (Å²) in [6, 6.07) is 16.5. The molecule has 0 heterocycles. The van der Waals surface area contributed by atoms with Crippen molar-refractivity contribution in [3.8, 4) is 0 Å². The van der Waals surface area contributed by atoms with E-state index in [-0.39, 0.29) is 5.97 Å². The number of ether oxygens (including phenoxy) is 1. The highest BCUT2D eigenvalue weighted by Gasteiger charge is 2.39. The molecule has 0 spiro atoms. The van der Waals surface area contributed by atoms with Gasteiger partial charge in [-0.15, -0.1) is 0 Å². The summed E-state index contributed by atoms with van der Waals surface area (Å²) in [5.41, 5.74) is 1.11. The molecular weight excluding hydrogens is 322 g/mol. The van der Waals surface area contributed by atoms with Crippen molar-refractivity contribution in [2.24, 2.45) is 5.41 Å². The summed E-state index contributed by atoms with van der Waals surface area (Å²) >= 11 is 0. The topological polar surface area (TPSA) is 55.4 Å². The maximum atomic E-state index is 12.7. The molecule has 1 N–H and O–H groups in total. The molecule has 5 heteroatoms. The monoisotopic (exact) mass is 345 g/mol. The summed E-state index contributed by atoms with van der Waals surface area (Å²) in [7, 11) is -0.0809. The number of methoxy groups -OCH3 is 1. The summed E-state index contributed by atoms with van der Waals surface area (Å²) in [6.45, 7) is 5.55.